The van der Waals surface area contributed by atoms with Gasteiger partial charge in [-0.3, -0.25) is 9.59 Å². The predicted octanol–water partition coefficient (Wildman–Crippen LogP) is 5.50. The molecule has 0 saturated carbocycles. The third-order valence-corrected chi connectivity index (χ3v) is 6.13. The maximum atomic E-state index is 13.3. The van der Waals surface area contributed by atoms with Crippen molar-refractivity contribution in [3.05, 3.63) is 95.1 Å². The average molecular weight is 502 g/mol. The van der Waals surface area contributed by atoms with Crippen molar-refractivity contribution >= 4 is 17.4 Å². The molecule has 1 amide bonds. The summed E-state index contributed by atoms with van der Waals surface area (Å²) in [5, 5.41) is 11.3. The topological polar surface area (TPSA) is 85.3 Å². The maximum Gasteiger partial charge on any atom is 0.295 e. The molecule has 1 aliphatic rings. The summed E-state index contributed by atoms with van der Waals surface area (Å²) in [7, 11) is 1.57. The number of hydrogen-bond acceptors (Lipinski definition) is 6. The first-order valence-electron chi connectivity index (χ1n) is 12.3. The van der Waals surface area contributed by atoms with Crippen LogP contribution in [0.25, 0.3) is 5.76 Å². The highest BCUT2D eigenvalue weighted by atomic mass is 16.5. The maximum absolute atomic E-state index is 13.3. The summed E-state index contributed by atoms with van der Waals surface area (Å²) in [6.45, 7) is 5.19. The third-order valence-electron chi connectivity index (χ3n) is 6.13. The largest absolute Gasteiger partial charge is 0.507 e. The Bertz CT molecular complexity index is 1280. The fraction of sp³-hybridized carbons (Fsp3) is 0.267. The van der Waals surface area contributed by atoms with Crippen molar-refractivity contribution in [2.24, 2.45) is 0 Å². The Kier molecular flexibility index (Phi) is 8.13. The number of rotatable bonds is 10. The second-order valence-electron chi connectivity index (χ2n) is 8.65. The van der Waals surface area contributed by atoms with Crippen molar-refractivity contribution in [2.75, 3.05) is 20.3 Å². The lowest BCUT2D eigenvalue weighted by molar-refractivity contribution is -0.140. The molecule has 1 aliphatic heterocycles. The molecule has 1 N–H and O–H groups in total. The van der Waals surface area contributed by atoms with Crippen molar-refractivity contribution in [1.29, 1.82) is 0 Å². The normalized spacial score (nSPS) is 16.6. The summed E-state index contributed by atoms with van der Waals surface area (Å²) >= 11 is 0. The standard InChI is InChI=1S/C30H31NO6/c1-4-17-37-24-15-11-22(12-16-24)28(32)26-27(21-9-13-23(35-3)14-10-21)31(30(34)29(26)33)19-20-7-6-8-25(18-20)36-5-2/h6-16,18,27,32H,4-5,17,19H2,1-3H3/b28-26-. The molecule has 37 heavy (non-hydrogen) atoms. The minimum absolute atomic E-state index is 0.0401. The van der Waals surface area contributed by atoms with Crippen LogP contribution >= 0.6 is 0 Å². The van der Waals surface area contributed by atoms with E-state index in [0.717, 1.165) is 12.0 Å². The summed E-state index contributed by atoms with van der Waals surface area (Å²) < 4.78 is 16.5. The van der Waals surface area contributed by atoms with Crippen molar-refractivity contribution in [3.8, 4) is 17.2 Å². The van der Waals surface area contributed by atoms with Crippen LogP contribution in [0, 0.1) is 0 Å². The van der Waals surface area contributed by atoms with E-state index in [-0.39, 0.29) is 17.9 Å². The first-order valence-corrected chi connectivity index (χ1v) is 12.3. The van der Waals surface area contributed by atoms with Crippen molar-refractivity contribution < 1.29 is 28.9 Å². The van der Waals surface area contributed by atoms with Crippen LogP contribution in [0.3, 0.4) is 0 Å². The van der Waals surface area contributed by atoms with E-state index in [2.05, 4.69) is 0 Å². The molecule has 1 saturated heterocycles. The second kappa shape index (κ2) is 11.6. The number of carbonyl (C=O) groups is 2. The van der Waals surface area contributed by atoms with Crippen molar-refractivity contribution in [1.82, 2.24) is 4.90 Å². The molecule has 0 spiro atoms. The summed E-state index contributed by atoms with van der Waals surface area (Å²) in [4.78, 5) is 28.1. The number of amides is 1. The van der Waals surface area contributed by atoms with E-state index in [1.165, 1.54) is 4.90 Å². The van der Waals surface area contributed by atoms with Gasteiger partial charge in [0.1, 0.15) is 23.0 Å². The molecule has 1 unspecified atom stereocenters. The quantitative estimate of drug-likeness (QED) is 0.224. The number of methoxy groups -OCH3 is 1. The molecule has 4 rings (SSSR count). The first kappa shape index (κ1) is 25.8. The molecule has 0 aliphatic carbocycles. The smallest absolute Gasteiger partial charge is 0.295 e. The lowest BCUT2D eigenvalue weighted by atomic mass is 9.95. The number of ketones is 1. The molecule has 1 atom stereocenters. The third kappa shape index (κ3) is 5.61. The predicted molar refractivity (Wildman–Crippen MR) is 141 cm³/mol. The van der Waals surface area contributed by atoms with Crippen LogP contribution in [-0.4, -0.2) is 42.0 Å². The van der Waals surface area contributed by atoms with Crippen LogP contribution in [-0.2, 0) is 16.1 Å². The van der Waals surface area contributed by atoms with Crippen LogP contribution in [0.5, 0.6) is 17.2 Å². The van der Waals surface area contributed by atoms with Gasteiger partial charge in [0.25, 0.3) is 11.7 Å². The van der Waals surface area contributed by atoms with E-state index in [0.29, 0.717) is 41.6 Å². The number of aliphatic hydroxyl groups is 1. The van der Waals surface area contributed by atoms with E-state index in [4.69, 9.17) is 14.2 Å². The molecule has 7 nitrogen and oxygen atoms in total. The van der Waals surface area contributed by atoms with Crippen molar-refractivity contribution in [2.45, 2.75) is 32.9 Å². The number of carbonyl (C=O) groups excluding carboxylic acids is 2. The van der Waals surface area contributed by atoms with Gasteiger partial charge in [0.05, 0.1) is 31.9 Å². The minimum atomic E-state index is -0.780. The molecule has 0 bridgehead atoms. The number of Topliss-reactive ketones (excluding diaryl/α,β-unsaturated/α-hetero) is 1. The molecule has 0 radical (unpaired) electrons. The summed E-state index contributed by atoms with van der Waals surface area (Å²) in [5.41, 5.74) is 1.96. The molecular weight excluding hydrogens is 470 g/mol. The number of benzene rings is 3. The van der Waals surface area contributed by atoms with E-state index in [1.54, 1.807) is 55.6 Å². The fourth-order valence-electron chi connectivity index (χ4n) is 4.36. The number of hydrogen-bond donors (Lipinski definition) is 1. The summed E-state index contributed by atoms with van der Waals surface area (Å²) in [5.74, 6) is 0.361. The zero-order valence-corrected chi connectivity index (χ0v) is 21.3. The molecule has 7 heteroatoms. The highest BCUT2D eigenvalue weighted by Gasteiger charge is 2.46. The second-order valence-corrected chi connectivity index (χ2v) is 8.65. The SMILES string of the molecule is CCCOc1ccc(/C(O)=C2/C(=O)C(=O)N(Cc3cccc(OCC)c3)C2c2ccc(OC)cc2)cc1. The molecule has 3 aromatic carbocycles. The number of ether oxygens (including phenoxy) is 3. The van der Waals surface area contributed by atoms with Gasteiger partial charge >= 0.3 is 0 Å². The molecule has 192 valence electrons. The Balaban J connectivity index is 1.76. The summed E-state index contributed by atoms with van der Waals surface area (Å²) in [6, 6.07) is 20.6. The Labute approximate surface area is 216 Å². The van der Waals surface area contributed by atoms with Gasteiger partial charge in [0.15, 0.2) is 0 Å². The zero-order chi connectivity index (χ0) is 26.4. The monoisotopic (exact) mass is 501 g/mol. The van der Waals surface area contributed by atoms with E-state index < -0.39 is 17.7 Å². The van der Waals surface area contributed by atoms with Crippen LogP contribution in [0.1, 0.15) is 43.0 Å². The lowest BCUT2D eigenvalue weighted by Crippen LogP contribution is -2.29. The van der Waals surface area contributed by atoms with Crippen LogP contribution in [0.2, 0.25) is 0 Å². The Morgan fingerprint density at radius 2 is 1.59 bits per heavy atom. The number of aliphatic hydroxyl groups excluding tert-OH is 1. The Morgan fingerprint density at radius 1 is 0.892 bits per heavy atom. The van der Waals surface area contributed by atoms with E-state index in [9.17, 15) is 14.7 Å². The first-order chi connectivity index (χ1) is 18.0. The Morgan fingerprint density at radius 3 is 2.24 bits per heavy atom. The summed E-state index contributed by atoms with van der Waals surface area (Å²) in [6.07, 6.45) is 0.876. The molecule has 1 fully saturated rings. The van der Waals surface area contributed by atoms with Gasteiger partial charge in [-0.2, -0.15) is 0 Å². The zero-order valence-electron chi connectivity index (χ0n) is 21.3. The van der Waals surface area contributed by atoms with E-state index in [1.807, 2.05) is 38.1 Å². The van der Waals surface area contributed by atoms with Gasteiger partial charge in [-0.1, -0.05) is 31.2 Å². The van der Waals surface area contributed by atoms with Crippen LogP contribution < -0.4 is 14.2 Å². The van der Waals surface area contributed by atoms with Gasteiger partial charge < -0.3 is 24.2 Å². The molecule has 0 aromatic heterocycles. The molecule has 3 aromatic rings. The number of nitrogens with zero attached hydrogens (tertiary/aromatic N) is 1. The number of likely N-dealkylation sites (tertiary alicyclic amines) is 1. The highest BCUT2D eigenvalue weighted by molar-refractivity contribution is 6.46. The highest BCUT2D eigenvalue weighted by Crippen LogP contribution is 2.41. The van der Waals surface area contributed by atoms with Crippen LogP contribution in [0.4, 0.5) is 0 Å². The minimum Gasteiger partial charge on any atom is -0.507 e. The Hall–Kier alpha value is -4.26. The van der Waals surface area contributed by atoms with E-state index >= 15 is 0 Å². The lowest BCUT2D eigenvalue weighted by Gasteiger charge is -2.26. The fourth-order valence-corrected chi connectivity index (χ4v) is 4.36. The van der Waals surface area contributed by atoms with Gasteiger partial charge in [0, 0.05) is 12.1 Å². The van der Waals surface area contributed by atoms with Crippen LogP contribution in [0.15, 0.2) is 78.4 Å². The van der Waals surface area contributed by atoms with Crippen molar-refractivity contribution in [3.63, 3.8) is 0 Å². The molecule has 1 heterocycles. The molecular formula is C30H31NO6. The average Bonchev–Trinajstić information content (AvgIpc) is 3.17. The van der Waals surface area contributed by atoms with Gasteiger partial charge in [-0.25, -0.2) is 0 Å². The van der Waals surface area contributed by atoms with Gasteiger partial charge in [0.2, 0.25) is 0 Å². The van der Waals surface area contributed by atoms with Gasteiger partial charge in [-0.15, -0.1) is 0 Å². The van der Waals surface area contributed by atoms with Gasteiger partial charge in [-0.05, 0) is 73.0 Å².